The van der Waals surface area contributed by atoms with Crippen molar-refractivity contribution in [2.75, 3.05) is 6.61 Å². The number of carbonyl (C=O) groups excluding carboxylic acids is 1. The molecule has 0 spiro atoms. The van der Waals surface area contributed by atoms with Crippen LogP contribution in [0.1, 0.15) is 36.0 Å². The zero-order valence-corrected chi connectivity index (χ0v) is 17.7. The average molecular weight is 423 g/mol. The molecule has 0 bridgehead atoms. The third-order valence-corrected chi connectivity index (χ3v) is 5.26. The van der Waals surface area contributed by atoms with Crippen LogP contribution in [0.5, 0.6) is 0 Å². The largest absolute Gasteiger partial charge is 0.377 e. The van der Waals surface area contributed by atoms with E-state index in [1.807, 2.05) is 50.5 Å². The SMILES string of the molecule is CCO[C@H](CC(=O)NO)[C@H](Cc1ccc(-c2cncc(C)c2)cc1)c1ccc(F)cc1. The fourth-order valence-corrected chi connectivity index (χ4v) is 3.73. The van der Waals surface area contributed by atoms with Crippen molar-refractivity contribution in [2.45, 2.75) is 38.7 Å². The van der Waals surface area contributed by atoms with Crippen LogP contribution in [0.15, 0.2) is 67.0 Å². The maximum Gasteiger partial charge on any atom is 0.245 e. The number of ether oxygens (including phenoxy) is 1. The number of carbonyl (C=O) groups is 1. The summed E-state index contributed by atoms with van der Waals surface area (Å²) in [6.45, 7) is 4.28. The predicted octanol–water partition coefficient (Wildman–Crippen LogP) is 4.82. The van der Waals surface area contributed by atoms with Crippen LogP contribution >= 0.6 is 0 Å². The minimum atomic E-state index is -0.521. The molecule has 1 aromatic heterocycles. The number of aromatic nitrogens is 1. The molecule has 0 aliphatic rings. The molecule has 0 unspecified atom stereocenters. The van der Waals surface area contributed by atoms with E-state index in [1.54, 1.807) is 17.6 Å². The number of hydrogen-bond acceptors (Lipinski definition) is 4. The minimum Gasteiger partial charge on any atom is -0.377 e. The fraction of sp³-hybridized carbons (Fsp3) is 0.280. The smallest absolute Gasteiger partial charge is 0.245 e. The molecule has 162 valence electrons. The molecule has 1 heterocycles. The van der Waals surface area contributed by atoms with Gasteiger partial charge in [-0.1, -0.05) is 36.4 Å². The van der Waals surface area contributed by atoms with Crippen LogP contribution in [0.3, 0.4) is 0 Å². The zero-order chi connectivity index (χ0) is 22.2. The highest BCUT2D eigenvalue weighted by Crippen LogP contribution is 2.30. The van der Waals surface area contributed by atoms with Gasteiger partial charge in [-0.15, -0.1) is 0 Å². The first-order valence-corrected chi connectivity index (χ1v) is 10.3. The zero-order valence-electron chi connectivity index (χ0n) is 17.7. The van der Waals surface area contributed by atoms with E-state index in [4.69, 9.17) is 9.94 Å². The van der Waals surface area contributed by atoms with Crippen LogP contribution in [-0.2, 0) is 16.0 Å². The summed E-state index contributed by atoms with van der Waals surface area (Å²) in [5.41, 5.74) is 6.83. The molecule has 0 fully saturated rings. The Morgan fingerprint density at radius 1 is 1.10 bits per heavy atom. The van der Waals surface area contributed by atoms with Crippen molar-refractivity contribution in [1.29, 1.82) is 0 Å². The lowest BCUT2D eigenvalue weighted by atomic mass is 9.85. The summed E-state index contributed by atoms with van der Waals surface area (Å²) in [7, 11) is 0. The molecule has 2 N–H and O–H groups in total. The van der Waals surface area contributed by atoms with Crippen molar-refractivity contribution in [3.8, 4) is 11.1 Å². The van der Waals surface area contributed by atoms with Gasteiger partial charge in [0, 0.05) is 30.5 Å². The number of amides is 1. The van der Waals surface area contributed by atoms with Crippen molar-refractivity contribution in [2.24, 2.45) is 0 Å². The monoisotopic (exact) mass is 422 g/mol. The van der Waals surface area contributed by atoms with E-state index in [2.05, 4.69) is 11.1 Å². The number of hydrogen-bond donors (Lipinski definition) is 2. The first kappa shape index (κ1) is 22.6. The number of hydroxylamine groups is 1. The first-order valence-electron chi connectivity index (χ1n) is 10.3. The van der Waals surface area contributed by atoms with Crippen molar-refractivity contribution in [3.63, 3.8) is 0 Å². The number of aryl methyl sites for hydroxylation is 1. The number of halogens is 1. The lowest BCUT2D eigenvalue weighted by Gasteiger charge is -2.27. The van der Waals surface area contributed by atoms with Gasteiger partial charge < -0.3 is 4.74 Å². The molecular formula is C25H27FN2O3. The van der Waals surface area contributed by atoms with Crippen molar-refractivity contribution in [3.05, 3.63) is 89.5 Å². The van der Waals surface area contributed by atoms with Gasteiger partial charge in [0.1, 0.15) is 5.82 Å². The predicted molar refractivity (Wildman–Crippen MR) is 117 cm³/mol. The Balaban J connectivity index is 1.88. The van der Waals surface area contributed by atoms with Gasteiger partial charge in [0.25, 0.3) is 0 Å². The molecule has 0 saturated carbocycles. The summed E-state index contributed by atoms with van der Waals surface area (Å²) in [4.78, 5) is 16.1. The lowest BCUT2D eigenvalue weighted by Crippen LogP contribution is -2.31. The highest BCUT2D eigenvalue weighted by molar-refractivity contribution is 5.75. The second-order valence-corrected chi connectivity index (χ2v) is 7.54. The van der Waals surface area contributed by atoms with Crippen molar-refractivity contribution in [1.82, 2.24) is 10.5 Å². The highest BCUT2D eigenvalue weighted by atomic mass is 19.1. The van der Waals surface area contributed by atoms with Gasteiger partial charge >= 0.3 is 0 Å². The second-order valence-electron chi connectivity index (χ2n) is 7.54. The van der Waals surface area contributed by atoms with E-state index in [0.717, 1.165) is 27.8 Å². The van der Waals surface area contributed by atoms with Gasteiger partial charge in [-0.3, -0.25) is 15.0 Å². The molecule has 0 aliphatic carbocycles. The number of benzene rings is 2. The molecule has 2 atom stereocenters. The van der Waals surface area contributed by atoms with Crippen LogP contribution in [0.2, 0.25) is 0 Å². The Morgan fingerprint density at radius 3 is 2.42 bits per heavy atom. The summed E-state index contributed by atoms with van der Waals surface area (Å²) in [6, 6.07) is 16.5. The number of rotatable bonds is 9. The molecule has 0 aliphatic heterocycles. The van der Waals surface area contributed by atoms with E-state index < -0.39 is 12.0 Å². The summed E-state index contributed by atoms with van der Waals surface area (Å²) >= 11 is 0. The van der Waals surface area contributed by atoms with Crippen LogP contribution in [0, 0.1) is 12.7 Å². The third-order valence-electron chi connectivity index (χ3n) is 5.26. The van der Waals surface area contributed by atoms with Gasteiger partial charge in [-0.05, 0) is 60.7 Å². The molecule has 5 nitrogen and oxygen atoms in total. The van der Waals surface area contributed by atoms with Gasteiger partial charge in [0.2, 0.25) is 5.91 Å². The van der Waals surface area contributed by atoms with E-state index >= 15 is 0 Å². The van der Waals surface area contributed by atoms with Crippen LogP contribution in [0.25, 0.3) is 11.1 Å². The summed E-state index contributed by atoms with van der Waals surface area (Å²) in [5.74, 6) is -1.03. The van der Waals surface area contributed by atoms with Crippen molar-refractivity contribution < 1.29 is 19.1 Å². The molecule has 3 aromatic rings. The Morgan fingerprint density at radius 2 is 1.81 bits per heavy atom. The minimum absolute atomic E-state index is 0.000567. The van der Waals surface area contributed by atoms with Gasteiger partial charge in [0.05, 0.1) is 12.5 Å². The Hall–Kier alpha value is -3.09. The molecule has 0 radical (unpaired) electrons. The molecule has 2 aromatic carbocycles. The average Bonchev–Trinajstić information content (AvgIpc) is 2.78. The maximum atomic E-state index is 13.5. The van der Waals surface area contributed by atoms with E-state index in [-0.39, 0.29) is 18.2 Å². The Bertz CT molecular complexity index is 990. The van der Waals surface area contributed by atoms with E-state index in [9.17, 15) is 9.18 Å². The number of nitrogens with one attached hydrogen (secondary N) is 1. The molecule has 1 amide bonds. The summed E-state index contributed by atoms with van der Waals surface area (Å²) < 4.78 is 19.4. The number of pyridine rings is 1. The number of nitrogens with zero attached hydrogens (tertiary/aromatic N) is 1. The first-order chi connectivity index (χ1) is 15.0. The van der Waals surface area contributed by atoms with Gasteiger partial charge in [-0.25, -0.2) is 9.87 Å². The standard InChI is InChI=1S/C25H27FN2O3/c1-3-31-24(14-25(29)28-30)23(20-8-10-22(26)11-9-20)13-18-4-6-19(7-5-18)21-12-17(2)15-27-16-21/h4-12,15-16,23-24,30H,3,13-14H2,1-2H3,(H,28,29)/t23-,24-/m1/s1. The van der Waals surface area contributed by atoms with Gasteiger partial charge in [-0.2, -0.15) is 0 Å². The quantitative estimate of drug-likeness (QED) is 0.383. The second kappa shape index (κ2) is 10.8. The normalized spacial score (nSPS) is 12.9. The van der Waals surface area contributed by atoms with Crippen LogP contribution in [-0.4, -0.2) is 28.8 Å². The van der Waals surface area contributed by atoms with E-state index in [0.29, 0.717) is 13.0 Å². The van der Waals surface area contributed by atoms with E-state index in [1.165, 1.54) is 12.1 Å². The topological polar surface area (TPSA) is 71.5 Å². The third kappa shape index (κ3) is 6.20. The van der Waals surface area contributed by atoms with Gasteiger partial charge in [0.15, 0.2) is 0 Å². The molecule has 6 heteroatoms. The Labute approximate surface area is 181 Å². The Kier molecular flexibility index (Phi) is 7.87. The summed E-state index contributed by atoms with van der Waals surface area (Å²) in [6.07, 6.45) is 3.79. The molecular weight excluding hydrogens is 395 g/mol. The van der Waals surface area contributed by atoms with Crippen molar-refractivity contribution >= 4 is 5.91 Å². The molecule has 0 saturated heterocycles. The van der Waals surface area contributed by atoms with Crippen LogP contribution in [0.4, 0.5) is 4.39 Å². The van der Waals surface area contributed by atoms with Crippen LogP contribution < -0.4 is 5.48 Å². The maximum absolute atomic E-state index is 13.5. The molecule has 3 rings (SSSR count). The fourth-order valence-electron chi connectivity index (χ4n) is 3.73. The lowest BCUT2D eigenvalue weighted by molar-refractivity contribution is -0.132. The molecule has 31 heavy (non-hydrogen) atoms. The highest BCUT2D eigenvalue weighted by Gasteiger charge is 2.26. The summed E-state index contributed by atoms with van der Waals surface area (Å²) in [5, 5.41) is 8.98.